The lowest BCUT2D eigenvalue weighted by Crippen LogP contribution is -2.44. The van der Waals surface area contributed by atoms with Crippen LogP contribution in [0.1, 0.15) is 0 Å². The number of anilines is 2. The minimum Gasteiger partial charge on any atom is -0.350 e. The maximum Gasteiger partial charge on any atom is 0.323 e. The van der Waals surface area contributed by atoms with E-state index in [1.807, 2.05) is 0 Å². The van der Waals surface area contributed by atoms with Gasteiger partial charge in [0.2, 0.25) is 0 Å². The molecule has 0 radical (unpaired) electrons. The molecule has 8 heteroatoms. The van der Waals surface area contributed by atoms with Crippen molar-refractivity contribution < 1.29 is 4.79 Å². The number of rotatable bonds is 2. The lowest BCUT2D eigenvalue weighted by molar-refractivity contribution is 0.252. The van der Waals surface area contributed by atoms with Crippen molar-refractivity contribution in [3.8, 4) is 0 Å². The van der Waals surface area contributed by atoms with Crippen molar-refractivity contribution in [3.05, 3.63) is 0 Å². The summed E-state index contributed by atoms with van der Waals surface area (Å²) in [6.45, 7) is 5.06. The van der Waals surface area contributed by atoms with E-state index in [9.17, 15) is 4.79 Å². The van der Waals surface area contributed by atoms with Crippen molar-refractivity contribution >= 4 is 29.4 Å². The summed E-state index contributed by atoms with van der Waals surface area (Å²) in [5.41, 5.74) is 0. The number of nitrogens with one attached hydrogen (secondary N) is 2. The molecule has 0 saturated carbocycles. The Kier molecular flexibility index (Phi) is 2.81. The minimum atomic E-state index is -0.0749. The molecule has 2 aliphatic rings. The number of carbonyl (C=O) groups excluding carboxylic acids is 1. The Hall–Kier alpha value is -1.41. The molecule has 2 aliphatic heterocycles. The van der Waals surface area contributed by atoms with Crippen molar-refractivity contribution in [3.63, 3.8) is 0 Å². The molecule has 3 rings (SSSR count). The van der Waals surface area contributed by atoms with Gasteiger partial charge in [0.25, 0.3) is 0 Å². The molecule has 2 amide bonds. The molecule has 0 unspecified atom stereocenters. The van der Waals surface area contributed by atoms with Crippen molar-refractivity contribution in [2.75, 3.05) is 49.1 Å². The second-order valence-electron chi connectivity index (χ2n) is 4.03. The zero-order valence-corrected chi connectivity index (χ0v) is 10.2. The molecule has 2 fully saturated rings. The van der Waals surface area contributed by atoms with E-state index in [1.165, 1.54) is 11.7 Å². The molecule has 1 aromatic heterocycles. The van der Waals surface area contributed by atoms with Crippen molar-refractivity contribution in [2.45, 2.75) is 0 Å². The molecule has 3 heterocycles. The second kappa shape index (κ2) is 4.46. The summed E-state index contributed by atoms with van der Waals surface area (Å²) in [4.78, 5) is 15.5. The van der Waals surface area contributed by atoms with E-state index in [0.29, 0.717) is 18.9 Å². The van der Waals surface area contributed by atoms with Gasteiger partial charge in [-0.15, -0.1) is 0 Å². The average Bonchev–Trinajstić information content (AvgIpc) is 2.98. The van der Waals surface area contributed by atoms with Gasteiger partial charge in [0.15, 0.2) is 11.6 Å². The summed E-state index contributed by atoms with van der Waals surface area (Å²) in [6, 6.07) is -0.0749. The first-order chi connectivity index (χ1) is 8.36. The molecule has 92 valence electrons. The summed E-state index contributed by atoms with van der Waals surface area (Å²) in [6.07, 6.45) is 0. The standard InChI is InChI=1S/C9H14N6OS/c16-9-11-3-6-15(9)8-7(12-17-13-8)14-4-1-10-2-5-14/h10H,1-6H2,(H,11,16). The second-order valence-corrected chi connectivity index (χ2v) is 4.56. The zero-order valence-electron chi connectivity index (χ0n) is 9.35. The number of carbonyl (C=O) groups is 1. The Morgan fingerprint density at radius 2 is 1.82 bits per heavy atom. The van der Waals surface area contributed by atoms with Gasteiger partial charge < -0.3 is 15.5 Å². The van der Waals surface area contributed by atoms with Gasteiger partial charge in [0.05, 0.1) is 11.7 Å². The number of piperazine rings is 1. The first-order valence-electron chi connectivity index (χ1n) is 5.70. The minimum absolute atomic E-state index is 0.0749. The van der Waals surface area contributed by atoms with Crippen LogP contribution in [-0.4, -0.2) is 54.0 Å². The quantitative estimate of drug-likeness (QED) is 0.743. The highest BCUT2D eigenvalue weighted by molar-refractivity contribution is 6.99. The van der Waals surface area contributed by atoms with Crippen LogP contribution >= 0.6 is 11.7 Å². The molecule has 17 heavy (non-hydrogen) atoms. The number of aromatic nitrogens is 2. The van der Waals surface area contributed by atoms with Crippen LogP contribution in [0.4, 0.5) is 16.4 Å². The van der Waals surface area contributed by atoms with Crippen LogP contribution in [0.25, 0.3) is 0 Å². The molecule has 0 bridgehead atoms. The van der Waals surface area contributed by atoms with E-state index in [2.05, 4.69) is 24.3 Å². The fourth-order valence-electron chi connectivity index (χ4n) is 2.10. The predicted molar refractivity (Wildman–Crippen MR) is 65.7 cm³/mol. The number of hydrogen-bond donors (Lipinski definition) is 2. The molecular formula is C9H14N6OS. The summed E-state index contributed by atoms with van der Waals surface area (Å²) in [7, 11) is 0. The fraction of sp³-hybridized carbons (Fsp3) is 0.667. The van der Waals surface area contributed by atoms with Crippen molar-refractivity contribution in [1.82, 2.24) is 19.4 Å². The van der Waals surface area contributed by atoms with Gasteiger partial charge in [0.1, 0.15) is 0 Å². The van der Waals surface area contributed by atoms with Crippen LogP contribution in [0.5, 0.6) is 0 Å². The van der Waals surface area contributed by atoms with Crippen LogP contribution in [0.3, 0.4) is 0 Å². The number of urea groups is 1. The number of amides is 2. The van der Waals surface area contributed by atoms with E-state index >= 15 is 0 Å². The van der Waals surface area contributed by atoms with Crippen LogP contribution < -0.4 is 20.4 Å². The summed E-state index contributed by atoms with van der Waals surface area (Å²) < 4.78 is 8.58. The fourth-order valence-corrected chi connectivity index (χ4v) is 2.67. The highest BCUT2D eigenvalue weighted by atomic mass is 32.1. The smallest absolute Gasteiger partial charge is 0.323 e. The Labute approximate surface area is 103 Å². The summed E-state index contributed by atoms with van der Waals surface area (Å²) in [5.74, 6) is 1.54. The molecule has 1 aromatic rings. The Morgan fingerprint density at radius 1 is 1.06 bits per heavy atom. The Morgan fingerprint density at radius 3 is 2.53 bits per heavy atom. The topological polar surface area (TPSA) is 73.4 Å². The molecule has 0 atom stereocenters. The van der Waals surface area contributed by atoms with Crippen molar-refractivity contribution in [1.29, 1.82) is 0 Å². The summed E-state index contributed by atoms with van der Waals surface area (Å²) >= 11 is 1.17. The third kappa shape index (κ3) is 1.93. The number of hydrogen-bond acceptors (Lipinski definition) is 6. The van der Waals surface area contributed by atoms with Crippen LogP contribution in [-0.2, 0) is 0 Å². The van der Waals surface area contributed by atoms with Gasteiger partial charge in [-0.3, -0.25) is 4.90 Å². The first-order valence-corrected chi connectivity index (χ1v) is 6.43. The van der Waals surface area contributed by atoms with Crippen molar-refractivity contribution in [2.24, 2.45) is 0 Å². The highest BCUT2D eigenvalue weighted by Crippen LogP contribution is 2.28. The molecule has 2 N–H and O–H groups in total. The van der Waals surface area contributed by atoms with E-state index < -0.39 is 0 Å². The lowest BCUT2D eigenvalue weighted by atomic mass is 10.3. The van der Waals surface area contributed by atoms with Gasteiger partial charge in [-0.1, -0.05) is 0 Å². The maximum atomic E-state index is 11.6. The van der Waals surface area contributed by atoms with Gasteiger partial charge in [-0.25, -0.2) is 4.79 Å². The third-order valence-electron chi connectivity index (χ3n) is 2.98. The summed E-state index contributed by atoms with van der Waals surface area (Å²) in [5, 5.41) is 6.08. The first kappa shape index (κ1) is 10.7. The monoisotopic (exact) mass is 254 g/mol. The van der Waals surface area contributed by atoms with Gasteiger partial charge in [0, 0.05) is 39.3 Å². The average molecular weight is 254 g/mol. The van der Waals surface area contributed by atoms with E-state index in [1.54, 1.807) is 4.90 Å². The normalized spacial score (nSPS) is 20.8. The Balaban J connectivity index is 1.85. The van der Waals surface area contributed by atoms with Crippen LogP contribution in [0, 0.1) is 0 Å². The van der Waals surface area contributed by atoms with E-state index in [4.69, 9.17) is 0 Å². The SMILES string of the molecule is O=C1NCCN1c1nsnc1N1CCNCC1. The number of nitrogens with zero attached hydrogens (tertiary/aromatic N) is 4. The Bertz CT molecular complexity index is 415. The largest absolute Gasteiger partial charge is 0.350 e. The zero-order chi connectivity index (χ0) is 11.7. The van der Waals surface area contributed by atoms with Gasteiger partial charge >= 0.3 is 6.03 Å². The molecule has 0 spiro atoms. The lowest BCUT2D eigenvalue weighted by Gasteiger charge is -2.28. The maximum absolute atomic E-state index is 11.6. The van der Waals surface area contributed by atoms with Crippen LogP contribution in [0.2, 0.25) is 0 Å². The van der Waals surface area contributed by atoms with Gasteiger partial charge in [-0.2, -0.15) is 8.75 Å². The van der Waals surface area contributed by atoms with E-state index in [0.717, 1.165) is 32.0 Å². The van der Waals surface area contributed by atoms with Crippen LogP contribution in [0.15, 0.2) is 0 Å². The molecule has 7 nitrogen and oxygen atoms in total. The third-order valence-corrected chi connectivity index (χ3v) is 3.49. The van der Waals surface area contributed by atoms with E-state index in [-0.39, 0.29) is 6.03 Å². The molecule has 2 saturated heterocycles. The predicted octanol–water partition coefficient (Wildman–Crippen LogP) is -0.523. The molecule has 0 aliphatic carbocycles. The van der Waals surface area contributed by atoms with Gasteiger partial charge in [-0.05, 0) is 0 Å². The highest BCUT2D eigenvalue weighted by Gasteiger charge is 2.29. The molecule has 0 aromatic carbocycles. The molecular weight excluding hydrogens is 240 g/mol.